The van der Waals surface area contributed by atoms with E-state index in [0.29, 0.717) is 16.5 Å². The number of benzene rings is 2. The lowest BCUT2D eigenvalue weighted by Crippen LogP contribution is -2.29. The molecule has 33 heavy (non-hydrogen) atoms. The molecule has 8 heteroatoms. The molecule has 2 N–H and O–H groups in total. The fourth-order valence-electron chi connectivity index (χ4n) is 3.65. The van der Waals surface area contributed by atoms with Crippen LogP contribution < -0.4 is 5.32 Å². The molecule has 2 aromatic carbocycles. The molecule has 0 aliphatic carbocycles. The van der Waals surface area contributed by atoms with E-state index in [1.165, 1.54) is 46.4 Å². The van der Waals surface area contributed by atoms with Crippen LogP contribution in [0.1, 0.15) is 22.7 Å². The summed E-state index contributed by atoms with van der Waals surface area (Å²) in [4.78, 5) is 24.3. The van der Waals surface area contributed by atoms with E-state index < -0.39 is 23.7 Å². The second kappa shape index (κ2) is 9.51. The van der Waals surface area contributed by atoms with Crippen molar-refractivity contribution < 1.29 is 19.1 Å². The quantitative estimate of drug-likeness (QED) is 0.308. The van der Waals surface area contributed by atoms with Crippen LogP contribution in [0.4, 0.5) is 4.39 Å². The number of carbonyl (C=O) groups excluding carboxylic acids is 1. The zero-order chi connectivity index (χ0) is 23.4. The van der Waals surface area contributed by atoms with Gasteiger partial charge in [-0.3, -0.25) is 9.59 Å². The Bertz CT molecular complexity index is 1390. The maximum absolute atomic E-state index is 13.9. The van der Waals surface area contributed by atoms with Crippen molar-refractivity contribution in [2.75, 3.05) is 0 Å². The van der Waals surface area contributed by atoms with Gasteiger partial charge >= 0.3 is 5.97 Å². The van der Waals surface area contributed by atoms with Crippen LogP contribution in [-0.4, -0.2) is 21.6 Å². The maximum atomic E-state index is 13.9. The number of aromatic nitrogens is 1. The predicted molar refractivity (Wildman–Crippen MR) is 124 cm³/mol. The molecule has 1 unspecified atom stereocenters. The molecule has 4 rings (SSSR count). The molecule has 1 amide bonds. The lowest BCUT2D eigenvalue weighted by Gasteiger charge is -2.18. The second-order valence-electron chi connectivity index (χ2n) is 7.31. The standard InChI is InChI=1S/C25H18FN3O3S/c26-20-6-7-22-21(11-20)19(13-29(22)14-23(30)31)10-18(12-27)25(32)28-24(17-8-9-33-15-17)16-4-2-1-3-5-16/h1-11,13,15,24H,14H2,(H,28,32)(H,30,31)/b18-10+. The normalized spacial score (nSPS) is 12.3. The average Bonchev–Trinajstić information content (AvgIpc) is 3.44. The van der Waals surface area contributed by atoms with E-state index in [-0.39, 0.29) is 12.1 Å². The highest BCUT2D eigenvalue weighted by molar-refractivity contribution is 7.08. The van der Waals surface area contributed by atoms with Gasteiger partial charge in [0.25, 0.3) is 5.91 Å². The Labute approximate surface area is 192 Å². The number of halogens is 1. The number of carbonyl (C=O) groups is 2. The summed E-state index contributed by atoms with van der Waals surface area (Å²) < 4.78 is 15.3. The third kappa shape index (κ3) is 4.84. The molecule has 2 aromatic heterocycles. The summed E-state index contributed by atoms with van der Waals surface area (Å²) >= 11 is 1.50. The van der Waals surface area contributed by atoms with E-state index in [1.54, 1.807) is 0 Å². The predicted octanol–water partition coefficient (Wildman–Crippen LogP) is 4.74. The van der Waals surface area contributed by atoms with Crippen molar-refractivity contribution in [2.24, 2.45) is 0 Å². The number of carboxylic acid groups (broad SMARTS) is 1. The Morgan fingerprint density at radius 1 is 1.18 bits per heavy atom. The first-order valence-corrected chi connectivity index (χ1v) is 10.9. The van der Waals surface area contributed by atoms with Crippen LogP contribution in [0.25, 0.3) is 17.0 Å². The highest BCUT2D eigenvalue weighted by Gasteiger charge is 2.20. The first kappa shape index (κ1) is 22.0. The van der Waals surface area contributed by atoms with Gasteiger partial charge in [0.2, 0.25) is 0 Å². The highest BCUT2D eigenvalue weighted by atomic mass is 32.1. The minimum Gasteiger partial charge on any atom is -0.480 e. The molecular weight excluding hydrogens is 441 g/mol. The monoisotopic (exact) mass is 459 g/mol. The van der Waals surface area contributed by atoms with Gasteiger partial charge in [-0.1, -0.05) is 30.3 Å². The van der Waals surface area contributed by atoms with E-state index in [4.69, 9.17) is 0 Å². The van der Waals surface area contributed by atoms with Gasteiger partial charge in [0.1, 0.15) is 24.0 Å². The number of thiophene rings is 1. The van der Waals surface area contributed by atoms with Crippen molar-refractivity contribution in [3.8, 4) is 6.07 Å². The number of rotatable bonds is 7. The Morgan fingerprint density at radius 3 is 2.64 bits per heavy atom. The van der Waals surface area contributed by atoms with E-state index in [9.17, 15) is 24.3 Å². The minimum atomic E-state index is -1.06. The number of amides is 1. The zero-order valence-electron chi connectivity index (χ0n) is 17.2. The number of carboxylic acids is 1. The summed E-state index contributed by atoms with van der Waals surface area (Å²) in [6, 6.07) is 16.7. The lowest BCUT2D eigenvalue weighted by atomic mass is 10.0. The van der Waals surface area contributed by atoms with Crippen molar-refractivity contribution in [2.45, 2.75) is 12.6 Å². The minimum absolute atomic E-state index is 0.176. The molecule has 0 saturated heterocycles. The van der Waals surface area contributed by atoms with Crippen molar-refractivity contribution in [3.05, 3.63) is 99.6 Å². The molecule has 0 radical (unpaired) electrons. The first-order chi connectivity index (χ1) is 16.0. The SMILES string of the molecule is N#C/C(=C\c1cn(CC(=O)O)c2ccc(F)cc12)C(=O)NC(c1ccccc1)c1ccsc1. The summed E-state index contributed by atoms with van der Waals surface area (Å²) in [5.74, 6) is -2.16. The molecule has 0 aliphatic heterocycles. The summed E-state index contributed by atoms with van der Waals surface area (Å²) in [6.07, 6.45) is 2.85. The van der Waals surface area contributed by atoms with Crippen molar-refractivity contribution in [1.82, 2.24) is 9.88 Å². The van der Waals surface area contributed by atoms with Crippen molar-refractivity contribution in [1.29, 1.82) is 5.26 Å². The van der Waals surface area contributed by atoms with Crippen LogP contribution in [0.3, 0.4) is 0 Å². The van der Waals surface area contributed by atoms with Crippen LogP contribution in [-0.2, 0) is 16.1 Å². The lowest BCUT2D eigenvalue weighted by molar-refractivity contribution is -0.137. The molecule has 0 aliphatic rings. The van der Waals surface area contributed by atoms with Crippen LogP contribution in [0, 0.1) is 17.1 Å². The Hall–Kier alpha value is -4.22. The van der Waals surface area contributed by atoms with Crippen LogP contribution in [0.15, 0.2) is 77.1 Å². The molecule has 0 bridgehead atoms. The number of aliphatic carboxylic acids is 1. The van der Waals surface area contributed by atoms with E-state index in [2.05, 4.69) is 5.32 Å². The molecule has 0 saturated carbocycles. The van der Waals surface area contributed by atoms with Gasteiger partial charge in [0.15, 0.2) is 0 Å². The fourth-order valence-corrected chi connectivity index (χ4v) is 4.33. The van der Waals surface area contributed by atoms with Gasteiger partial charge in [0.05, 0.1) is 6.04 Å². The van der Waals surface area contributed by atoms with Crippen LogP contribution >= 0.6 is 11.3 Å². The average molecular weight is 460 g/mol. The molecule has 6 nitrogen and oxygen atoms in total. The summed E-state index contributed by atoms with van der Waals surface area (Å²) in [5, 5.41) is 26.0. The number of hydrogen-bond acceptors (Lipinski definition) is 4. The Balaban J connectivity index is 1.71. The van der Waals surface area contributed by atoms with Gasteiger partial charge in [-0.15, -0.1) is 0 Å². The molecular formula is C25H18FN3O3S. The van der Waals surface area contributed by atoms with E-state index in [1.807, 2.05) is 53.2 Å². The molecule has 164 valence electrons. The summed E-state index contributed by atoms with van der Waals surface area (Å²) in [6.45, 7) is -0.335. The third-order valence-corrected chi connectivity index (χ3v) is 5.83. The van der Waals surface area contributed by atoms with E-state index >= 15 is 0 Å². The number of nitriles is 1. The smallest absolute Gasteiger partial charge is 0.323 e. The van der Waals surface area contributed by atoms with Gasteiger partial charge < -0.3 is 15.0 Å². The Kier molecular flexibility index (Phi) is 6.33. The molecule has 1 atom stereocenters. The fraction of sp³-hybridized carbons (Fsp3) is 0.0800. The van der Waals surface area contributed by atoms with Crippen molar-refractivity contribution in [3.63, 3.8) is 0 Å². The molecule has 0 fully saturated rings. The molecule has 0 spiro atoms. The van der Waals surface area contributed by atoms with Crippen molar-refractivity contribution >= 4 is 40.2 Å². The second-order valence-corrected chi connectivity index (χ2v) is 8.09. The maximum Gasteiger partial charge on any atom is 0.323 e. The topological polar surface area (TPSA) is 95.1 Å². The largest absolute Gasteiger partial charge is 0.480 e. The number of hydrogen-bond donors (Lipinski definition) is 2. The van der Waals surface area contributed by atoms with Gasteiger partial charge in [-0.05, 0) is 52.2 Å². The molecule has 2 heterocycles. The van der Waals surface area contributed by atoms with Gasteiger partial charge in [0, 0.05) is 22.7 Å². The van der Waals surface area contributed by atoms with Gasteiger partial charge in [-0.2, -0.15) is 16.6 Å². The Morgan fingerprint density at radius 2 is 1.97 bits per heavy atom. The molecule has 4 aromatic rings. The van der Waals surface area contributed by atoms with E-state index in [0.717, 1.165) is 11.1 Å². The highest BCUT2D eigenvalue weighted by Crippen LogP contribution is 2.27. The summed E-state index contributed by atoms with van der Waals surface area (Å²) in [5.41, 5.74) is 2.44. The first-order valence-electron chi connectivity index (χ1n) is 9.96. The zero-order valence-corrected chi connectivity index (χ0v) is 18.1. The van der Waals surface area contributed by atoms with Crippen LogP contribution in [0.5, 0.6) is 0 Å². The number of nitrogens with zero attached hydrogens (tertiary/aromatic N) is 2. The van der Waals surface area contributed by atoms with Gasteiger partial charge in [-0.25, -0.2) is 4.39 Å². The summed E-state index contributed by atoms with van der Waals surface area (Å²) in [7, 11) is 0. The number of nitrogens with one attached hydrogen (secondary N) is 1. The third-order valence-electron chi connectivity index (χ3n) is 5.13. The number of fused-ring (bicyclic) bond motifs is 1. The van der Waals surface area contributed by atoms with Crippen LogP contribution in [0.2, 0.25) is 0 Å².